The summed E-state index contributed by atoms with van der Waals surface area (Å²) >= 11 is 0. The van der Waals surface area contributed by atoms with Crippen LogP contribution in [0.4, 0.5) is 11.4 Å². The molecule has 100 valence electrons. The molecule has 1 fully saturated rings. The van der Waals surface area contributed by atoms with Crippen LogP contribution in [-0.4, -0.2) is 40.3 Å². The number of rotatable bonds is 4. The zero-order valence-electron chi connectivity index (χ0n) is 10.5. The van der Waals surface area contributed by atoms with Gasteiger partial charge in [-0.1, -0.05) is 6.07 Å². The zero-order chi connectivity index (χ0) is 13.0. The largest absolute Gasteiger partial charge is 0.369 e. The number of sulfonamides is 1. The van der Waals surface area contributed by atoms with Crippen LogP contribution in [0.25, 0.3) is 0 Å². The van der Waals surface area contributed by atoms with E-state index in [9.17, 15) is 8.42 Å². The van der Waals surface area contributed by atoms with E-state index in [0.717, 1.165) is 31.9 Å². The summed E-state index contributed by atoms with van der Waals surface area (Å²) < 4.78 is 25.6. The molecule has 0 unspecified atom stereocenters. The van der Waals surface area contributed by atoms with Crippen LogP contribution >= 0.6 is 0 Å². The smallest absolute Gasteiger partial charge is 0.232 e. The SMILES string of the molecule is CCS(=O)(=O)Nc1cccc(N2CCNCC2)c1. The first-order chi connectivity index (χ1) is 8.61. The molecule has 1 saturated heterocycles. The van der Waals surface area contributed by atoms with Gasteiger partial charge in [0.05, 0.1) is 11.4 Å². The summed E-state index contributed by atoms with van der Waals surface area (Å²) in [5, 5.41) is 3.29. The first-order valence-electron chi connectivity index (χ1n) is 6.17. The van der Waals surface area contributed by atoms with Crippen molar-refractivity contribution in [2.75, 3.05) is 41.6 Å². The van der Waals surface area contributed by atoms with Gasteiger partial charge >= 0.3 is 0 Å². The zero-order valence-corrected chi connectivity index (χ0v) is 11.3. The van der Waals surface area contributed by atoms with Gasteiger partial charge in [-0.15, -0.1) is 0 Å². The van der Waals surface area contributed by atoms with Crippen LogP contribution in [-0.2, 0) is 10.0 Å². The number of hydrogen-bond acceptors (Lipinski definition) is 4. The highest BCUT2D eigenvalue weighted by Gasteiger charge is 2.12. The van der Waals surface area contributed by atoms with Gasteiger partial charge in [-0.3, -0.25) is 4.72 Å². The van der Waals surface area contributed by atoms with Crippen molar-refractivity contribution in [3.8, 4) is 0 Å². The topological polar surface area (TPSA) is 61.4 Å². The third-order valence-corrected chi connectivity index (χ3v) is 4.29. The van der Waals surface area contributed by atoms with E-state index >= 15 is 0 Å². The molecule has 18 heavy (non-hydrogen) atoms. The molecule has 0 amide bonds. The normalized spacial score (nSPS) is 16.6. The molecule has 0 aromatic heterocycles. The van der Waals surface area contributed by atoms with Gasteiger partial charge in [0, 0.05) is 31.9 Å². The molecule has 1 aromatic rings. The molecule has 2 rings (SSSR count). The summed E-state index contributed by atoms with van der Waals surface area (Å²) in [4.78, 5) is 2.25. The molecule has 0 bridgehead atoms. The van der Waals surface area contributed by atoms with Gasteiger partial charge < -0.3 is 10.2 Å². The monoisotopic (exact) mass is 269 g/mol. The van der Waals surface area contributed by atoms with E-state index in [1.165, 1.54) is 0 Å². The average molecular weight is 269 g/mol. The lowest BCUT2D eigenvalue weighted by atomic mass is 10.2. The van der Waals surface area contributed by atoms with Gasteiger partial charge in [0.15, 0.2) is 0 Å². The first-order valence-corrected chi connectivity index (χ1v) is 7.82. The second kappa shape index (κ2) is 5.58. The highest BCUT2D eigenvalue weighted by molar-refractivity contribution is 7.92. The molecule has 1 aliphatic rings. The number of anilines is 2. The lowest BCUT2D eigenvalue weighted by Gasteiger charge is -2.29. The van der Waals surface area contributed by atoms with Crippen LogP contribution in [0.3, 0.4) is 0 Å². The van der Waals surface area contributed by atoms with Crippen LogP contribution in [0.1, 0.15) is 6.92 Å². The van der Waals surface area contributed by atoms with E-state index in [0.29, 0.717) is 5.69 Å². The molecule has 1 aromatic carbocycles. The van der Waals surface area contributed by atoms with Crippen LogP contribution in [0.5, 0.6) is 0 Å². The van der Waals surface area contributed by atoms with Crippen molar-refractivity contribution in [1.29, 1.82) is 0 Å². The predicted molar refractivity (Wildman–Crippen MR) is 74.6 cm³/mol. The molecule has 0 radical (unpaired) electrons. The number of nitrogens with zero attached hydrogens (tertiary/aromatic N) is 1. The van der Waals surface area contributed by atoms with Crippen LogP contribution in [0.15, 0.2) is 24.3 Å². The maximum absolute atomic E-state index is 11.5. The van der Waals surface area contributed by atoms with Crippen molar-refractivity contribution in [2.24, 2.45) is 0 Å². The highest BCUT2D eigenvalue weighted by atomic mass is 32.2. The van der Waals surface area contributed by atoms with E-state index in [1.807, 2.05) is 18.2 Å². The summed E-state index contributed by atoms with van der Waals surface area (Å²) in [7, 11) is -3.20. The fourth-order valence-electron chi connectivity index (χ4n) is 1.94. The number of piperazine rings is 1. The van der Waals surface area contributed by atoms with Crippen molar-refractivity contribution < 1.29 is 8.42 Å². The minimum atomic E-state index is -3.20. The summed E-state index contributed by atoms with van der Waals surface area (Å²) in [6, 6.07) is 7.55. The van der Waals surface area contributed by atoms with Gasteiger partial charge in [0.1, 0.15) is 0 Å². The van der Waals surface area contributed by atoms with Gasteiger partial charge in [0.2, 0.25) is 10.0 Å². The Balaban J connectivity index is 2.14. The third-order valence-electron chi connectivity index (χ3n) is 2.98. The summed E-state index contributed by atoms with van der Waals surface area (Å²) in [6.07, 6.45) is 0. The van der Waals surface area contributed by atoms with E-state index in [4.69, 9.17) is 0 Å². The summed E-state index contributed by atoms with van der Waals surface area (Å²) in [5.41, 5.74) is 1.70. The molecule has 0 aliphatic carbocycles. The van der Waals surface area contributed by atoms with Crippen LogP contribution < -0.4 is 14.9 Å². The van der Waals surface area contributed by atoms with E-state index in [2.05, 4.69) is 14.9 Å². The molecule has 5 nitrogen and oxygen atoms in total. The Labute approximate surface area is 108 Å². The minimum absolute atomic E-state index is 0.0882. The Kier molecular flexibility index (Phi) is 4.08. The van der Waals surface area contributed by atoms with Gasteiger partial charge in [-0.05, 0) is 25.1 Å². The Morgan fingerprint density at radius 2 is 2.06 bits per heavy atom. The Morgan fingerprint density at radius 1 is 1.33 bits per heavy atom. The lowest BCUT2D eigenvalue weighted by molar-refractivity contribution is 0.589. The van der Waals surface area contributed by atoms with E-state index < -0.39 is 10.0 Å². The molecular formula is C12H19N3O2S. The van der Waals surface area contributed by atoms with Crippen molar-refractivity contribution in [3.63, 3.8) is 0 Å². The van der Waals surface area contributed by atoms with Crippen LogP contribution in [0, 0.1) is 0 Å². The fourth-order valence-corrected chi connectivity index (χ4v) is 2.57. The molecule has 1 aliphatic heterocycles. The molecule has 0 atom stereocenters. The second-order valence-corrected chi connectivity index (χ2v) is 6.30. The average Bonchev–Trinajstić information content (AvgIpc) is 2.40. The Morgan fingerprint density at radius 3 is 2.72 bits per heavy atom. The standard InChI is InChI=1S/C12H19N3O2S/c1-2-18(16,17)14-11-4-3-5-12(10-11)15-8-6-13-7-9-15/h3-5,10,13-14H,2,6-9H2,1H3. The number of benzene rings is 1. The molecule has 2 N–H and O–H groups in total. The van der Waals surface area contributed by atoms with Crippen molar-refractivity contribution in [2.45, 2.75) is 6.92 Å². The van der Waals surface area contributed by atoms with E-state index in [-0.39, 0.29) is 5.75 Å². The summed E-state index contributed by atoms with van der Waals surface area (Å²) in [6.45, 7) is 5.45. The molecule has 6 heteroatoms. The molecule has 0 spiro atoms. The second-order valence-electron chi connectivity index (χ2n) is 4.29. The first kappa shape index (κ1) is 13.2. The highest BCUT2D eigenvalue weighted by Crippen LogP contribution is 2.20. The third kappa shape index (κ3) is 3.36. The molecule has 0 saturated carbocycles. The van der Waals surface area contributed by atoms with Crippen molar-refractivity contribution in [3.05, 3.63) is 24.3 Å². The van der Waals surface area contributed by atoms with Crippen molar-refractivity contribution in [1.82, 2.24) is 5.32 Å². The number of nitrogens with one attached hydrogen (secondary N) is 2. The molecular weight excluding hydrogens is 250 g/mol. The maximum Gasteiger partial charge on any atom is 0.232 e. The summed E-state index contributed by atoms with van der Waals surface area (Å²) in [5.74, 6) is 0.0882. The lowest BCUT2D eigenvalue weighted by Crippen LogP contribution is -2.43. The van der Waals surface area contributed by atoms with E-state index in [1.54, 1.807) is 13.0 Å². The Bertz CT molecular complexity index is 496. The van der Waals surface area contributed by atoms with Crippen LogP contribution in [0.2, 0.25) is 0 Å². The maximum atomic E-state index is 11.5. The quantitative estimate of drug-likeness (QED) is 0.851. The van der Waals surface area contributed by atoms with Gasteiger partial charge in [-0.2, -0.15) is 0 Å². The Hall–Kier alpha value is -1.27. The van der Waals surface area contributed by atoms with Gasteiger partial charge in [-0.25, -0.2) is 8.42 Å². The van der Waals surface area contributed by atoms with Crippen molar-refractivity contribution >= 4 is 21.4 Å². The number of hydrogen-bond donors (Lipinski definition) is 2. The predicted octanol–water partition coefficient (Wildman–Crippen LogP) is 0.858. The minimum Gasteiger partial charge on any atom is -0.369 e. The molecule has 1 heterocycles. The van der Waals surface area contributed by atoms with Gasteiger partial charge in [0.25, 0.3) is 0 Å². The fraction of sp³-hybridized carbons (Fsp3) is 0.500.